The predicted octanol–water partition coefficient (Wildman–Crippen LogP) is 3.53. The molecule has 37 heavy (non-hydrogen) atoms. The van der Waals surface area contributed by atoms with Crippen LogP contribution in [0.25, 0.3) is 0 Å². The maximum absolute atomic E-state index is 9.10. The Balaban J connectivity index is 0.000000568. The predicted molar refractivity (Wildman–Crippen MR) is 136 cm³/mol. The fourth-order valence-electron chi connectivity index (χ4n) is 3.82. The molecule has 1 atom stereocenters. The van der Waals surface area contributed by atoms with E-state index in [9.17, 15) is 0 Å². The van der Waals surface area contributed by atoms with Crippen molar-refractivity contribution in [3.8, 4) is 11.5 Å². The molecule has 0 spiro atoms. The number of rotatable bonds is 9. The van der Waals surface area contributed by atoms with Gasteiger partial charge in [0.2, 0.25) is 5.79 Å². The molecular weight excluding hydrogens is 478 g/mol. The van der Waals surface area contributed by atoms with Gasteiger partial charge in [-0.15, -0.1) is 0 Å². The molecule has 4 rings (SSSR count). The molecule has 0 amide bonds. The van der Waals surface area contributed by atoms with Gasteiger partial charge in [-0.3, -0.25) is 0 Å². The van der Waals surface area contributed by atoms with Crippen LogP contribution < -0.4 is 14.8 Å². The Morgan fingerprint density at radius 3 is 1.97 bits per heavy atom. The van der Waals surface area contributed by atoms with Crippen LogP contribution in [0.3, 0.4) is 0 Å². The molecule has 0 bridgehead atoms. The zero-order valence-corrected chi connectivity index (χ0v) is 20.5. The summed E-state index contributed by atoms with van der Waals surface area (Å²) in [5.74, 6) is -3.04. The average Bonchev–Trinajstić information content (AvgIpc) is 2.94. The van der Waals surface area contributed by atoms with Gasteiger partial charge in [0.15, 0.2) is 11.5 Å². The molecule has 0 aliphatic carbocycles. The number of para-hydroxylation sites is 2. The van der Waals surface area contributed by atoms with Crippen LogP contribution in [0, 0.1) is 0 Å². The van der Waals surface area contributed by atoms with Crippen molar-refractivity contribution in [2.45, 2.75) is 18.3 Å². The summed E-state index contributed by atoms with van der Waals surface area (Å²) in [6.07, 6.45) is 0.863. The standard InChI is InChI=1S/C26H29NO4.C2H2O4/c1-28-24-14-8-9-15-25(24)29-19-17-27-20-23-16-18-30-26(31-23,21-10-4-2-5-11-21)22-12-6-3-7-13-22;3-1(4)2(5)6/h2-15,23,27H,16-20H2,1H3;(H,3,4)(H,5,6). The van der Waals surface area contributed by atoms with Crippen molar-refractivity contribution in [1.29, 1.82) is 0 Å². The van der Waals surface area contributed by atoms with Crippen LogP contribution in [0.4, 0.5) is 0 Å². The minimum atomic E-state index is -1.82. The average molecular weight is 510 g/mol. The van der Waals surface area contributed by atoms with Gasteiger partial charge in [0, 0.05) is 24.2 Å². The number of carboxylic acid groups (broad SMARTS) is 2. The molecule has 3 N–H and O–H groups in total. The number of carboxylic acids is 2. The van der Waals surface area contributed by atoms with Crippen molar-refractivity contribution in [1.82, 2.24) is 5.32 Å². The van der Waals surface area contributed by atoms with Gasteiger partial charge in [-0.2, -0.15) is 0 Å². The minimum Gasteiger partial charge on any atom is -0.493 e. The fourth-order valence-corrected chi connectivity index (χ4v) is 3.82. The van der Waals surface area contributed by atoms with Gasteiger partial charge in [-0.25, -0.2) is 9.59 Å². The van der Waals surface area contributed by atoms with E-state index in [-0.39, 0.29) is 6.10 Å². The Morgan fingerprint density at radius 1 is 0.892 bits per heavy atom. The Kier molecular flexibility index (Phi) is 10.5. The van der Waals surface area contributed by atoms with Gasteiger partial charge in [0.1, 0.15) is 6.61 Å². The van der Waals surface area contributed by atoms with Crippen LogP contribution in [-0.2, 0) is 24.8 Å². The monoisotopic (exact) mass is 509 g/mol. The molecule has 0 aromatic heterocycles. The number of ether oxygens (including phenoxy) is 4. The second-order valence-electron chi connectivity index (χ2n) is 8.04. The summed E-state index contributed by atoms with van der Waals surface area (Å²) >= 11 is 0. The highest BCUT2D eigenvalue weighted by Gasteiger charge is 2.41. The van der Waals surface area contributed by atoms with E-state index in [1.165, 1.54) is 0 Å². The molecule has 3 aromatic rings. The maximum atomic E-state index is 9.10. The van der Waals surface area contributed by atoms with E-state index >= 15 is 0 Å². The van der Waals surface area contributed by atoms with Gasteiger partial charge in [0.05, 0.1) is 19.8 Å². The molecule has 9 nitrogen and oxygen atoms in total. The third-order valence-corrected chi connectivity index (χ3v) is 5.55. The fraction of sp³-hybridized carbons (Fsp3) is 0.286. The highest BCUT2D eigenvalue weighted by Crippen LogP contribution is 2.39. The number of aliphatic carboxylic acids is 2. The summed E-state index contributed by atoms with van der Waals surface area (Å²) < 4.78 is 24.1. The van der Waals surface area contributed by atoms with Crippen molar-refractivity contribution >= 4 is 11.9 Å². The lowest BCUT2D eigenvalue weighted by Gasteiger charge is -2.42. The van der Waals surface area contributed by atoms with Crippen LogP contribution >= 0.6 is 0 Å². The van der Waals surface area contributed by atoms with E-state index in [0.29, 0.717) is 19.8 Å². The number of hydrogen-bond donors (Lipinski definition) is 3. The van der Waals surface area contributed by atoms with Crippen LogP contribution in [0.5, 0.6) is 11.5 Å². The number of nitrogens with one attached hydrogen (secondary N) is 1. The second kappa shape index (κ2) is 14.0. The van der Waals surface area contributed by atoms with E-state index < -0.39 is 17.7 Å². The first kappa shape index (κ1) is 27.7. The van der Waals surface area contributed by atoms with Crippen LogP contribution in [-0.4, -0.2) is 61.7 Å². The Bertz CT molecular complexity index is 1070. The lowest BCUT2D eigenvalue weighted by molar-refractivity contribution is -0.277. The molecule has 1 heterocycles. The smallest absolute Gasteiger partial charge is 0.414 e. The lowest BCUT2D eigenvalue weighted by Crippen LogP contribution is -2.47. The van der Waals surface area contributed by atoms with Crippen molar-refractivity contribution in [2.75, 3.05) is 33.4 Å². The molecule has 1 fully saturated rings. The normalized spacial score (nSPS) is 16.1. The van der Waals surface area contributed by atoms with E-state index in [2.05, 4.69) is 29.6 Å². The van der Waals surface area contributed by atoms with E-state index in [4.69, 9.17) is 38.7 Å². The van der Waals surface area contributed by atoms with Gasteiger partial charge in [-0.1, -0.05) is 72.8 Å². The molecule has 1 unspecified atom stereocenters. The van der Waals surface area contributed by atoms with Gasteiger partial charge < -0.3 is 34.5 Å². The molecule has 1 aliphatic heterocycles. The third-order valence-electron chi connectivity index (χ3n) is 5.55. The number of hydrogen-bond acceptors (Lipinski definition) is 7. The molecule has 9 heteroatoms. The Morgan fingerprint density at radius 2 is 1.43 bits per heavy atom. The topological polar surface area (TPSA) is 124 Å². The number of carbonyl (C=O) groups is 2. The first-order chi connectivity index (χ1) is 18.0. The molecule has 1 saturated heterocycles. The molecule has 0 saturated carbocycles. The molecular formula is C28H31NO8. The van der Waals surface area contributed by atoms with Crippen molar-refractivity contribution < 1.29 is 38.7 Å². The molecule has 1 aliphatic rings. The largest absolute Gasteiger partial charge is 0.493 e. The van der Waals surface area contributed by atoms with Gasteiger partial charge in [-0.05, 0) is 18.6 Å². The zero-order chi connectivity index (χ0) is 26.5. The lowest BCUT2D eigenvalue weighted by atomic mass is 9.95. The summed E-state index contributed by atoms with van der Waals surface area (Å²) in [5.41, 5.74) is 2.01. The number of methoxy groups -OCH3 is 1. The van der Waals surface area contributed by atoms with Crippen LogP contribution in [0.1, 0.15) is 17.5 Å². The van der Waals surface area contributed by atoms with Gasteiger partial charge >= 0.3 is 11.9 Å². The van der Waals surface area contributed by atoms with Crippen LogP contribution in [0.2, 0.25) is 0 Å². The number of benzene rings is 3. The summed E-state index contributed by atoms with van der Waals surface area (Å²) in [6.45, 7) is 2.61. The molecule has 0 radical (unpaired) electrons. The molecule has 3 aromatic carbocycles. The summed E-state index contributed by atoms with van der Waals surface area (Å²) in [7, 11) is 1.65. The Hall–Kier alpha value is -3.92. The first-order valence-corrected chi connectivity index (χ1v) is 11.8. The molecule has 196 valence electrons. The first-order valence-electron chi connectivity index (χ1n) is 11.8. The highest BCUT2D eigenvalue weighted by atomic mass is 16.7. The van der Waals surface area contributed by atoms with Gasteiger partial charge in [0.25, 0.3) is 0 Å². The second-order valence-corrected chi connectivity index (χ2v) is 8.04. The van der Waals surface area contributed by atoms with Crippen molar-refractivity contribution in [2.24, 2.45) is 0 Å². The summed E-state index contributed by atoms with van der Waals surface area (Å²) in [5, 5.41) is 18.2. The quantitative estimate of drug-likeness (QED) is 0.294. The van der Waals surface area contributed by atoms with E-state index in [0.717, 1.165) is 35.6 Å². The third kappa shape index (κ3) is 7.78. The highest BCUT2D eigenvalue weighted by molar-refractivity contribution is 6.27. The minimum absolute atomic E-state index is 0.0282. The van der Waals surface area contributed by atoms with E-state index in [1.807, 2.05) is 60.7 Å². The van der Waals surface area contributed by atoms with E-state index in [1.54, 1.807) is 7.11 Å². The summed E-state index contributed by atoms with van der Waals surface area (Å²) in [4.78, 5) is 18.2. The zero-order valence-electron chi connectivity index (χ0n) is 20.5. The summed E-state index contributed by atoms with van der Waals surface area (Å²) in [6, 6.07) is 28.0. The maximum Gasteiger partial charge on any atom is 0.414 e. The van der Waals surface area contributed by atoms with Crippen LogP contribution in [0.15, 0.2) is 84.9 Å². The SMILES string of the molecule is COc1ccccc1OCCNCC1CCOC(c2ccccc2)(c2ccccc2)O1.O=C(O)C(=O)O. The Labute approximate surface area is 215 Å². The van der Waals surface area contributed by atoms with Crippen molar-refractivity contribution in [3.63, 3.8) is 0 Å². The van der Waals surface area contributed by atoms with Crippen molar-refractivity contribution in [3.05, 3.63) is 96.1 Å².